The van der Waals surface area contributed by atoms with Crippen LogP contribution in [0.25, 0.3) is 0 Å². The van der Waals surface area contributed by atoms with Gasteiger partial charge in [-0.15, -0.1) is 0 Å². The monoisotopic (exact) mass is 246 g/mol. The van der Waals surface area contributed by atoms with Gasteiger partial charge in [-0.2, -0.15) is 0 Å². The van der Waals surface area contributed by atoms with Crippen molar-refractivity contribution in [1.82, 2.24) is 0 Å². The number of aliphatic carboxylic acids is 1. The number of carbonyl (C=O) groups is 3. The quantitative estimate of drug-likeness (QED) is 0.414. The molecule has 0 aromatic carbocycles. The van der Waals surface area contributed by atoms with Gasteiger partial charge in [0.25, 0.3) is 0 Å². The number of carboxylic acids is 1. The van der Waals surface area contributed by atoms with Crippen LogP contribution in [-0.4, -0.2) is 35.1 Å². The highest BCUT2D eigenvalue weighted by molar-refractivity contribution is 5.90. The molecule has 0 spiro atoms. The summed E-state index contributed by atoms with van der Waals surface area (Å²) in [6.45, 7) is 3.42. The largest absolute Gasteiger partial charge is 0.481 e. The van der Waals surface area contributed by atoms with E-state index >= 15 is 0 Å². The number of carbonyl (C=O) groups excluding carboxylic acids is 2. The fourth-order valence-electron chi connectivity index (χ4n) is 0.912. The fourth-order valence-corrected chi connectivity index (χ4v) is 0.912. The number of carboxylic acid groups (broad SMARTS) is 1. The van der Waals surface area contributed by atoms with Crippen LogP contribution in [0.1, 0.15) is 26.7 Å². The normalized spacial score (nSPS) is 14.2. The summed E-state index contributed by atoms with van der Waals surface area (Å²) in [4.78, 5) is 32.8. The first-order valence-corrected chi connectivity index (χ1v) is 5.24. The molecule has 0 bridgehead atoms. The van der Waals surface area contributed by atoms with Gasteiger partial charge in [-0.25, -0.2) is 9.59 Å². The van der Waals surface area contributed by atoms with E-state index in [2.05, 4.69) is 4.74 Å². The summed E-state index contributed by atoms with van der Waals surface area (Å²) in [5.74, 6) is -3.04. The van der Waals surface area contributed by atoms with Crippen molar-refractivity contribution in [3.8, 4) is 0 Å². The molecule has 7 heteroatoms. The second-order valence-corrected chi connectivity index (χ2v) is 4.05. The Kier molecular flexibility index (Phi) is 6.37. The van der Waals surface area contributed by atoms with Crippen molar-refractivity contribution in [1.29, 1.82) is 0 Å². The summed E-state index contributed by atoms with van der Waals surface area (Å²) >= 11 is 0. The van der Waals surface area contributed by atoms with E-state index in [9.17, 15) is 14.4 Å². The minimum absolute atomic E-state index is 0.0850. The molecular weight excluding hydrogens is 228 g/mol. The molecule has 98 valence electrons. The average molecular weight is 246 g/mol. The van der Waals surface area contributed by atoms with Crippen molar-refractivity contribution in [2.75, 3.05) is 0 Å². The van der Waals surface area contributed by atoms with Crippen molar-refractivity contribution in [2.45, 2.75) is 38.8 Å². The lowest BCUT2D eigenvalue weighted by Crippen LogP contribution is -2.42. The molecule has 0 aliphatic heterocycles. The van der Waals surface area contributed by atoms with Gasteiger partial charge in [0, 0.05) is 6.42 Å². The van der Waals surface area contributed by atoms with Crippen LogP contribution >= 0.6 is 0 Å². The van der Waals surface area contributed by atoms with Crippen molar-refractivity contribution in [2.24, 2.45) is 17.4 Å². The van der Waals surface area contributed by atoms with Gasteiger partial charge in [0.1, 0.15) is 12.1 Å². The Hall–Kier alpha value is -1.47. The van der Waals surface area contributed by atoms with E-state index in [-0.39, 0.29) is 18.8 Å². The average Bonchev–Trinajstić information content (AvgIpc) is 2.24. The first-order valence-electron chi connectivity index (χ1n) is 5.24. The third-order valence-corrected chi connectivity index (χ3v) is 2.16. The fraction of sp³-hybridized carbons (Fsp3) is 0.700. The number of esters is 2. The van der Waals surface area contributed by atoms with Gasteiger partial charge in [0.2, 0.25) is 0 Å². The zero-order chi connectivity index (χ0) is 13.6. The van der Waals surface area contributed by atoms with Crippen molar-refractivity contribution >= 4 is 17.9 Å². The molecule has 0 aromatic heterocycles. The molecule has 0 rings (SSSR count). The van der Waals surface area contributed by atoms with Crippen molar-refractivity contribution < 1.29 is 24.2 Å². The van der Waals surface area contributed by atoms with Gasteiger partial charge in [0.15, 0.2) is 0 Å². The molecule has 0 fully saturated rings. The van der Waals surface area contributed by atoms with E-state index < -0.39 is 30.0 Å². The Morgan fingerprint density at radius 2 is 1.71 bits per heavy atom. The molecule has 0 unspecified atom stereocenters. The second kappa shape index (κ2) is 6.97. The van der Waals surface area contributed by atoms with Crippen LogP contribution in [0.5, 0.6) is 0 Å². The highest BCUT2D eigenvalue weighted by Gasteiger charge is 2.25. The Labute approximate surface area is 99.1 Å². The van der Waals surface area contributed by atoms with Gasteiger partial charge in [-0.3, -0.25) is 4.79 Å². The summed E-state index contributed by atoms with van der Waals surface area (Å²) in [7, 11) is 0. The minimum atomic E-state index is -1.13. The Bertz CT molecular complexity index is 303. The summed E-state index contributed by atoms with van der Waals surface area (Å²) in [5, 5.41) is 8.39. The SMILES string of the molecule is CC(C)[C@H](N)C(=O)OC(=O)[C@@H](N)CCC(=O)O. The van der Waals surface area contributed by atoms with Crippen LogP contribution in [0.3, 0.4) is 0 Å². The molecular formula is C10H18N2O5. The maximum atomic E-state index is 11.3. The van der Waals surface area contributed by atoms with Crippen LogP contribution in [0.2, 0.25) is 0 Å². The van der Waals surface area contributed by atoms with Gasteiger partial charge in [-0.05, 0) is 12.3 Å². The van der Waals surface area contributed by atoms with Crippen LogP contribution in [0.15, 0.2) is 0 Å². The van der Waals surface area contributed by atoms with E-state index in [0.717, 1.165) is 0 Å². The highest BCUT2D eigenvalue weighted by atomic mass is 16.6. The molecule has 0 amide bonds. The van der Waals surface area contributed by atoms with Crippen LogP contribution in [0, 0.1) is 5.92 Å². The lowest BCUT2D eigenvalue weighted by molar-refractivity contribution is -0.162. The molecule has 17 heavy (non-hydrogen) atoms. The first-order chi connectivity index (χ1) is 7.75. The van der Waals surface area contributed by atoms with Crippen molar-refractivity contribution in [3.63, 3.8) is 0 Å². The standard InChI is InChI=1S/C10H18N2O5/c1-5(2)8(12)10(16)17-9(15)6(11)3-4-7(13)14/h5-6,8H,3-4,11-12H2,1-2H3,(H,13,14)/t6-,8-/m0/s1. The minimum Gasteiger partial charge on any atom is -0.481 e. The van der Waals surface area contributed by atoms with Gasteiger partial charge in [-0.1, -0.05) is 13.8 Å². The van der Waals surface area contributed by atoms with Crippen LogP contribution in [-0.2, 0) is 19.1 Å². The summed E-state index contributed by atoms with van der Waals surface area (Å²) in [6, 6.07) is -2.03. The smallest absolute Gasteiger partial charge is 0.330 e. The molecule has 0 aromatic rings. The van der Waals surface area contributed by atoms with Crippen LogP contribution < -0.4 is 11.5 Å². The molecule has 7 nitrogen and oxygen atoms in total. The van der Waals surface area contributed by atoms with E-state index in [4.69, 9.17) is 16.6 Å². The van der Waals surface area contributed by atoms with E-state index in [1.54, 1.807) is 13.8 Å². The maximum absolute atomic E-state index is 11.3. The zero-order valence-corrected chi connectivity index (χ0v) is 9.88. The second-order valence-electron chi connectivity index (χ2n) is 4.05. The first kappa shape index (κ1) is 15.5. The molecule has 5 N–H and O–H groups in total. The topological polar surface area (TPSA) is 133 Å². The molecule has 2 atom stereocenters. The Balaban J connectivity index is 4.16. The molecule has 0 saturated heterocycles. The third-order valence-electron chi connectivity index (χ3n) is 2.16. The number of hydrogen-bond donors (Lipinski definition) is 3. The molecule has 0 heterocycles. The lowest BCUT2D eigenvalue weighted by Gasteiger charge is -2.15. The highest BCUT2D eigenvalue weighted by Crippen LogP contribution is 2.03. The van der Waals surface area contributed by atoms with Gasteiger partial charge >= 0.3 is 17.9 Å². The lowest BCUT2D eigenvalue weighted by atomic mass is 10.1. The van der Waals surface area contributed by atoms with Crippen LogP contribution in [0.4, 0.5) is 0 Å². The summed E-state index contributed by atoms with van der Waals surface area (Å²) < 4.78 is 4.45. The van der Waals surface area contributed by atoms with E-state index in [1.165, 1.54) is 0 Å². The number of ether oxygens (including phenoxy) is 1. The zero-order valence-electron chi connectivity index (χ0n) is 9.88. The Morgan fingerprint density at radius 3 is 2.12 bits per heavy atom. The number of hydrogen-bond acceptors (Lipinski definition) is 6. The number of rotatable bonds is 6. The predicted molar refractivity (Wildman–Crippen MR) is 58.8 cm³/mol. The van der Waals surface area contributed by atoms with E-state index in [0.29, 0.717) is 0 Å². The van der Waals surface area contributed by atoms with Gasteiger partial charge < -0.3 is 21.3 Å². The number of nitrogens with two attached hydrogens (primary N) is 2. The van der Waals surface area contributed by atoms with Crippen molar-refractivity contribution in [3.05, 3.63) is 0 Å². The predicted octanol–water partition coefficient (Wildman–Crippen LogP) is -0.768. The van der Waals surface area contributed by atoms with Gasteiger partial charge in [0.05, 0.1) is 0 Å². The molecule has 0 saturated carbocycles. The Morgan fingerprint density at radius 1 is 1.18 bits per heavy atom. The molecule has 0 aliphatic rings. The van der Waals surface area contributed by atoms with E-state index in [1.807, 2.05) is 0 Å². The molecule has 0 aliphatic carbocycles. The summed E-state index contributed by atoms with van der Waals surface area (Å²) in [5.41, 5.74) is 10.8. The third kappa shape index (κ3) is 5.98. The summed E-state index contributed by atoms with van der Waals surface area (Å²) in [6.07, 6.45) is -0.348. The maximum Gasteiger partial charge on any atom is 0.330 e. The molecule has 0 radical (unpaired) electrons.